The zero-order chi connectivity index (χ0) is 21.3. The molecular formula is C21H19ClN2O5. The fraction of sp³-hybridized carbons (Fsp3) is 0.238. The fourth-order valence-corrected chi connectivity index (χ4v) is 3.12. The Balaban J connectivity index is 1.65. The summed E-state index contributed by atoms with van der Waals surface area (Å²) in [7, 11) is 0. The molecule has 1 N–H and O–H groups in total. The van der Waals surface area contributed by atoms with Gasteiger partial charge in [0, 0.05) is 16.8 Å². The molecule has 3 amide bonds. The van der Waals surface area contributed by atoms with E-state index in [1.165, 1.54) is 18.2 Å². The largest absolute Gasteiger partial charge is 0.452 e. The van der Waals surface area contributed by atoms with Crippen LogP contribution in [0.1, 0.15) is 50.5 Å². The Morgan fingerprint density at radius 2 is 1.76 bits per heavy atom. The highest BCUT2D eigenvalue weighted by atomic mass is 35.5. The second kappa shape index (κ2) is 8.05. The van der Waals surface area contributed by atoms with E-state index in [1.54, 1.807) is 32.0 Å². The Morgan fingerprint density at radius 3 is 2.41 bits per heavy atom. The number of aryl methyl sites for hydroxylation is 1. The molecule has 1 aliphatic rings. The maximum Gasteiger partial charge on any atom is 0.338 e. The SMILES string of the molecule is Cc1ccc(NC(=O)COC(=O)c2ccc3c(c2)C(=O)N(C(C)C)C3=O)cc1Cl. The van der Waals surface area contributed by atoms with E-state index < -0.39 is 30.3 Å². The molecule has 0 aliphatic carbocycles. The molecule has 0 radical (unpaired) electrons. The lowest BCUT2D eigenvalue weighted by molar-refractivity contribution is -0.119. The van der Waals surface area contributed by atoms with E-state index in [0.29, 0.717) is 10.7 Å². The summed E-state index contributed by atoms with van der Waals surface area (Å²) < 4.78 is 5.02. The van der Waals surface area contributed by atoms with Gasteiger partial charge in [-0.2, -0.15) is 0 Å². The molecule has 0 bridgehead atoms. The number of carbonyl (C=O) groups excluding carboxylic acids is 4. The monoisotopic (exact) mass is 414 g/mol. The molecule has 0 saturated heterocycles. The van der Waals surface area contributed by atoms with Crippen LogP contribution in [0.25, 0.3) is 0 Å². The van der Waals surface area contributed by atoms with Gasteiger partial charge in [-0.15, -0.1) is 0 Å². The minimum Gasteiger partial charge on any atom is -0.452 e. The molecule has 2 aromatic carbocycles. The molecule has 1 heterocycles. The molecule has 0 atom stereocenters. The first-order valence-corrected chi connectivity index (χ1v) is 9.32. The molecule has 29 heavy (non-hydrogen) atoms. The Bertz CT molecular complexity index is 1030. The molecule has 7 nitrogen and oxygen atoms in total. The van der Waals surface area contributed by atoms with Gasteiger partial charge >= 0.3 is 5.97 Å². The number of nitrogens with zero attached hydrogens (tertiary/aromatic N) is 1. The van der Waals surface area contributed by atoms with Crippen molar-refractivity contribution in [1.29, 1.82) is 0 Å². The molecule has 8 heteroatoms. The van der Waals surface area contributed by atoms with Crippen LogP contribution in [0.5, 0.6) is 0 Å². The highest BCUT2D eigenvalue weighted by Crippen LogP contribution is 2.26. The average Bonchev–Trinajstić information content (AvgIpc) is 2.93. The predicted molar refractivity (Wildman–Crippen MR) is 107 cm³/mol. The summed E-state index contributed by atoms with van der Waals surface area (Å²) in [6, 6.07) is 8.88. The van der Waals surface area contributed by atoms with E-state index in [2.05, 4.69) is 5.32 Å². The third kappa shape index (κ3) is 4.14. The van der Waals surface area contributed by atoms with Gasteiger partial charge in [0.05, 0.1) is 16.7 Å². The lowest BCUT2D eigenvalue weighted by atomic mass is 10.1. The van der Waals surface area contributed by atoms with Gasteiger partial charge in [0.15, 0.2) is 6.61 Å². The molecule has 1 aliphatic heterocycles. The van der Waals surface area contributed by atoms with Crippen LogP contribution in [0, 0.1) is 6.92 Å². The van der Waals surface area contributed by atoms with Gasteiger partial charge in [-0.3, -0.25) is 19.3 Å². The molecule has 0 spiro atoms. The molecule has 150 valence electrons. The summed E-state index contributed by atoms with van der Waals surface area (Å²) in [5.74, 6) is -2.15. The molecule has 0 unspecified atom stereocenters. The first-order valence-electron chi connectivity index (χ1n) is 8.94. The van der Waals surface area contributed by atoms with Gasteiger partial charge in [0.1, 0.15) is 0 Å². The van der Waals surface area contributed by atoms with Gasteiger partial charge in [-0.25, -0.2) is 4.79 Å². The van der Waals surface area contributed by atoms with Crippen LogP contribution in [-0.4, -0.2) is 41.2 Å². The second-order valence-corrected chi connectivity index (χ2v) is 7.33. The van der Waals surface area contributed by atoms with Crippen LogP contribution in [0.3, 0.4) is 0 Å². The van der Waals surface area contributed by atoms with E-state index in [9.17, 15) is 19.2 Å². The molecule has 3 rings (SSSR count). The number of carbonyl (C=O) groups is 4. The number of fused-ring (bicyclic) bond motifs is 1. The van der Waals surface area contributed by atoms with Crippen LogP contribution >= 0.6 is 11.6 Å². The van der Waals surface area contributed by atoms with Gasteiger partial charge in [-0.1, -0.05) is 17.7 Å². The van der Waals surface area contributed by atoms with Crippen LogP contribution in [0.2, 0.25) is 5.02 Å². The van der Waals surface area contributed by atoms with Crippen molar-refractivity contribution in [3.8, 4) is 0 Å². The van der Waals surface area contributed by atoms with Crippen molar-refractivity contribution in [1.82, 2.24) is 4.90 Å². The van der Waals surface area contributed by atoms with Gasteiger partial charge < -0.3 is 10.1 Å². The van der Waals surface area contributed by atoms with Crippen molar-refractivity contribution in [2.75, 3.05) is 11.9 Å². The number of benzene rings is 2. The van der Waals surface area contributed by atoms with Crippen molar-refractivity contribution >= 4 is 41.0 Å². The third-order valence-electron chi connectivity index (χ3n) is 4.46. The Hall–Kier alpha value is -3.19. The predicted octanol–water partition coefficient (Wildman–Crippen LogP) is 3.45. The lowest BCUT2D eigenvalue weighted by Gasteiger charge is -2.17. The van der Waals surface area contributed by atoms with Crippen LogP contribution < -0.4 is 5.32 Å². The smallest absolute Gasteiger partial charge is 0.338 e. The second-order valence-electron chi connectivity index (χ2n) is 6.92. The third-order valence-corrected chi connectivity index (χ3v) is 4.87. The number of esters is 1. The maximum absolute atomic E-state index is 12.4. The Labute approximate surface area is 172 Å². The van der Waals surface area contributed by atoms with E-state index in [0.717, 1.165) is 10.5 Å². The average molecular weight is 415 g/mol. The number of rotatable bonds is 5. The number of amides is 3. The molecular weight excluding hydrogens is 396 g/mol. The quantitative estimate of drug-likeness (QED) is 0.597. The number of nitrogens with one attached hydrogen (secondary N) is 1. The van der Waals surface area contributed by atoms with Crippen LogP contribution in [0.4, 0.5) is 5.69 Å². The first kappa shape index (κ1) is 20.5. The van der Waals surface area contributed by atoms with E-state index in [4.69, 9.17) is 16.3 Å². The zero-order valence-corrected chi connectivity index (χ0v) is 16.9. The lowest BCUT2D eigenvalue weighted by Crippen LogP contribution is -2.35. The molecule has 0 saturated carbocycles. The minimum absolute atomic E-state index is 0.0849. The van der Waals surface area contributed by atoms with Gasteiger partial charge in [-0.05, 0) is 56.7 Å². The summed E-state index contributed by atoms with van der Waals surface area (Å²) in [6.07, 6.45) is 0. The number of hydrogen-bond donors (Lipinski definition) is 1. The summed E-state index contributed by atoms with van der Waals surface area (Å²) in [5.41, 5.74) is 1.83. The van der Waals surface area contributed by atoms with Gasteiger partial charge in [0.2, 0.25) is 0 Å². The minimum atomic E-state index is -0.770. The molecule has 2 aromatic rings. The standard InChI is InChI=1S/C21H19ClN2O5/c1-11(2)24-19(26)15-7-5-13(8-16(15)20(24)27)21(28)29-10-18(25)23-14-6-4-12(3)17(22)9-14/h4-9,11H,10H2,1-3H3,(H,23,25). The number of hydrogen-bond acceptors (Lipinski definition) is 5. The first-order chi connectivity index (χ1) is 13.7. The summed E-state index contributed by atoms with van der Waals surface area (Å²) >= 11 is 6.01. The number of imide groups is 1. The summed E-state index contributed by atoms with van der Waals surface area (Å²) in [4.78, 5) is 50.1. The topological polar surface area (TPSA) is 92.8 Å². The summed E-state index contributed by atoms with van der Waals surface area (Å²) in [6.45, 7) is 4.80. The number of halogens is 1. The van der Waals surface area contributed by atoms with Gasteiger partial charge in [0.25, 0.3) is 17.7 Å². The van der Waals surface area contributed by atoms with E-state index in [-0.39, 0.29) is 22.7 Å². The van der Waals surface area contributed by atoms with Crippen molar-refractivity contribution < 1.29 is 23.9 Å². The normalized spacial score (nSPS) is 12.9. The van der Waals surface area contributed by atoms with Crippen LogP contribution in [-0.2, 0) is 9.53 Å². The molecule has 0 aromatic heterocycles. The van der Waals surface area contributed by atoms with Crippen molar-refractivity contribution in [3.63, 3.8) is 0 Å². The summed E-state index contributed by atoms with van der Waals surface area (Å²) in [5, 5.41) is 3.09. The Kier molecular flexibility index (Phi) is 5.70. The fourth-order valence-electron chi connectivity index (χ4n) is 2.94. The van der Waals surface area contributed by atoms with E-state index >= 15 is 0 Å². The van der Waals surface area contributed by atoms with E-state index in [1.807, 2.05) is 6.92 Å². The van der Waals surface area contributed by atoms with Crippen molar-refractivity contribution in [2.45, 2.75) is 26.8 Å². The molecule has 0 fully saturated rings. The number of ether oxygens (including phenoxy) is 1. The highest BCUT2D eigenvalue weighted by Gasteiger charge is 2.37. The zero-order valence-electron chi connectivity index (χ0n) is 16.1. The highest BCUT2D eigenvalue weighted by molar-refractivity contribution is 6.31. The van der Waals surface area contributed by atoms with Crippen molar-refractivity contribution in [2.24, 2.45) is 0 Å². The van der Waals surface area contributed by atoms with Crippen LogP contribution in [0.15, 0.2) is 36.4 Å². The Morgan fingerprint density at radius 1 is 1.07 bits per heavy atom. The number of anilines is 1. The maximum atomic E-state index is 12.4. The van der Waals surface area contributed by atoms with Crippen molar-refractivity contribution in [3.05, 3.63) is 63.7 Å².